The van der Waals surface area contributed by atoms with Gasteiger partial charge in [-0.15, -0.1) is 0 Å². The van der Waals surface area contributed by atoms with Crippen LogP contribution in [0.5, 0.6) is 0 Å². The van der Waals surface area contributed by atoms with E-state index < -0.39 is 0 Å². The van der Waals surface area contributed by atoms with Crippen LogP contribution < -0.4 is 5.32 Å². The Bertz CT molecular complexity index is 276. The van der Waals surface area contributed by atoms with E-state index in [2.05, 4.69) is 17.1 Å². The maximum absolute atomic E-state index is 3.78. The molecule has 0 spiro atoms. The molecule has 2 heteroatoms. The highest BCUT2D eigenvalue weighted by Gasteiger charge is 2.34. The Labute approximate surface area is 119 Å². The van der Waals surface area contributed by atoms with E-state index in [1.165, 1.54) is 77.4 Å². The number of nitrogens with zero attached hydrogens (tertiary/aromatic N) is 1. The first-order valence-corrected chi connectivity index (χ1v) is 8.84. The Hall–Kier alpha value is -0.0800. The molecule has 0 radical (unpaired) electrons. The second kappa shape index (κ2) is 6.58. The fourth-order valence-corrected chi connectivity index (χ4v) is 4.84. The predicted molar refractivity (Wildman–Crippen MR) is 81.4 cm³/mol. The molecule has 1 N–H and O–H groups in total. The van der Waals surface area contributed by atoms with Crippen LogP contribution in [0.3, 0.4) is 0 Å². The lowest BCUT2D eigenvalue weighted by Gasteiger charge is -2.46. The monoisotopic (exact) mass is 264 g/mol. The van der Waals surface area contributed by atoms with Gasteiger partial charge < -0.3 is 5.32 Å². The number of hydrogen-bond acceptors (Lipinski definition) is 2. The lowest BCUT2D eigenvalue weighted by Crippen LogP contribution is -2.53. The van der Waals surface area contributed by atoms with E-state index in [1.54, 1.807) is 0 Å². The second-order valence-corrected chi connectivity index (χ2v) is 7.20. The summed E-state index contributed by atoms with van der Waals surface area (Å²) in [7, 11) is 0. The number of rotatable bonds is 3. The molecule has 3 rings (SSSR count). The van der Waals surface area contributed by atoms with Crippen molar-refractivity contribution in [2.75, 3.05) is 19.6 Å². The topological polar surface area (TPSA) is 15.3 Å². The predicted octanol–water partition coefficient (Wildman–Crippen LogP) is 3.42. The van der Waals surface area contributed by atoms with Gasteiger partial charge in [-0.3, -0.25) is 4.90 Å². The fraction of sp³-hybridized carbons (Fsp3) is 1.00. The van der Waals surface area contributed by atoms with Gasteiger partial charge in [0, 0.05) is 18.6 Å². The zero-order valence-electron chi connectivity index (χ0n) is 12.7. The normalized spacial score (nSPS) is 40.9. The zero-order chi connectivity index (χ0) is 13.1. The standard InChI is InChI=1S/C17H32N2/c1-2-14-9-10-18-16(12-14)13-19-11-5-7-15-6-3-4-8-17(15)19/h14-18H,2-13H2,1H3/t14?,15-,16?,17-/m1/s1. The molecule has 2 heterocycles. The number of piperidine rings is 2. The van der Waals surface area contributed by atoms with Crippen molar-refractivity contribution in [1.29, 1.82) is 0 Å². The summed E-state index contributed by atoms with van der Waals surface area (Å²) < 4.78 is 0. The van der Waals surface area contributed by atoms with E-state index in [1.807, 2.05) is 0 Å². The van der Waals surface area contributed by atoms with Crippen molar-refractivity contribution < 1.29 is 0 Å². The minimum atomic E-state index is 0.777. The number of hydrogen-bond donors (Lipinski definition) is 1. The lowest BCUT2D eigenvalue weighted by atomic mass is 9.78. The van der Waals surface area contributed by atoms with Gasteiger partial charge in [-0.25, -0.2) is 0 Å². The van der Waals surface area contributed by atoms with E-state index in [0.717, 1.165) is 23.9 Å². The molecule has 0 aromatic rings. The summed E-state index contributed by atoms with van der Waals surface area (Å²) >= 11 is 0. The van der Waals surface area contributed by atoms with E-state index in [0.29, 0.717) is 0 Å². The van der Waals surface area contributed by atoms with Gasteiger partial charge in [0.05, 0.1) is 0 Å². The van der Waals surface area contributed by atoms with E-state index in [9.17, 15) is 0 Å². The molecular weight excluding hydrogens is 232 g/mol. The Morgan fingerprint density at radius 2 is 1.89 bits per heavy atom. The van der Waals surface area contributed by atoms with Crippen LogP contribution >= 0.6 is 0 Å². The molecule has 3 fully saturated rings. The van der Waals surface area contributed by atoms with Crippen molar-refractivity contribution >= 4 is 0 Å². The molecule has 110 valence electrons. The first-order chi connectivity index (χ1) is 9.36. The van der Waals surface area contributed by atoms with Crippen LogP contribution in [0, 0.1) is 11.8 Å². The van der Waals surface area contributed by atoms with Gasteiger partial charge >= 0.3 is 0 Å². The van der Waals surface area contributed by atoms with Crippen molar-refractivity contribution in [2.45, 2.75) is 76.8 Å². The largest absolute Gasteiger partial charge is 0.313 e. The van der Waals surface area contributed by atoms with Crippen molar-refractivity contribution in [1.82, 2.24) is 10.2 Å². The maximum atomic E-state index is 3.78. The molecule has 2 aliphatic heterocycles. The summed E-state index contributed by atoms with van der Waals surface area (Å²) in [6.45, 7) is 6.32. The second-order valence-electron chi connectivity index (χ2n) is 7.20. The number of nitrogens with one attached hydrogen (secondary N) is 1. The summed E-state index contributed by atoms with van der Waals surface area (Å²) in [4.78, 5) is 2.86. The Kier molecular flexibility index (Phi) is 4.81. The quantitative estimate of drug-likeness (QED) is 0.840. The highest BCUT2D eigenvalue weighted by atomic mass is 15.2. The van der Waals surface area contributed by atoms with Crippen LogP contribution in [0.25, 0.3) is 0 Å². The summed E-state index contributed by atoms with van der Waals surface area (Å²) in [6.07, 6.45) is 13.1. The third-order valence-corrected chi connectivity index (χ3v) is 5.99. The molecule has 1 saturated carbocycles. The summed E-state index contributed by atoms with van der Waals surface area (Å²) in [5.74, 6) is 2.02. The minimum absolute atomic E-state index is 0.777. The summed E-state index contributed by atoms with van der Waals surface area (Å²) in [6, 6.07) is 1.71. The number of likely N-dealkylation sites (tertiary alicyclic amines) is 1. The minimum Gasteiger partial charge on any atom is -0.313 e. The first kappa shape index (κ1) is 13.9. The molecule has 3 aliphatic rings. The molecule has 2 nitrogen and oxygen atoms in total. The molecule has 2 saturated heterocycles. The molecular formula is C17H32N2. The molecule has 1 aliphatic carbocycles. The van der Waals surface area contributed by atoms with Gasteiger partial charge in [0.1, 0.15) is 0 Å². The maximum Gasteiger partial charge on any atom is 0.0197 e. The third kappa shape index (κ3) is 3.33. The van der Waals surface area contributed by atoms with Crippen molar-refractivity contribution in [3.63, 3.8) is 0 Å². The molecule has 0 aromatic heterocycles. The van der Waals surface area contributed by atoms with E-state index in [4.69, 9.17) is 0 Å². The lowest BCUT2D eigenvalue weighted by molar-refractivity contribution is 0.0474. The van der Waals surface area contributed by atoms with Crippen molar-refractivity contribution in [2.24, 2.45) is 11.8 Å². The highest BCUT2D eigenvalue weighted by molar-refractivity contribution is 4.90. The van der Waals surface area contributed by atoms with Gasteiger partial charge in [0.25, 0.3) is 0 Å². The van der Waals surface area contributed by atoms with Crippen LogP contribution in [-0.4, -0.2) is 36.6 Å². The Balaban J connectivity index is 1.55. The van der Waals surface area contributed by atoms with Crippen LogP contribution in [-0.2, 0) is 0 Å². The van der Waals surface area contributed by atoms with Gasteiger partial charge in [-0.1, -0.05) is 26.2 Å². The van der Waals surface area contributed by atoms with Crippen molar-refractivity contribution in [3.05, 3.63) is 0 Å². The zero-order valence-corrected chi connectivity index (χ0v) is 12.7. The summed E-state index contributed by atoms with van der Waals surface area (Å²) in [5, 5.41) is 3.78. The van der Waals surface area contributed by atoms with Gasteiger partial charge in [0.15, 0.2) is 0 Å². The van der Waals surface area contributed by atoms with Crippen LogP contribution in [0.4, 0.5) is 0 Å². The molecule has 4 atom stereocenters. The molecule has 0 aromatic carbocycles. The Morgan fingerprint density at radius 3 is 2.79 bits per heavy atom. The molecule has 0 amide bonds. The van der Waals surface area contributed by atoms with E-state index >= 15 is 0 Å². The number of fused-ring (bicyclic) bond motifs is 1. The Morgan fingerprint density at radius 1 is 1.05 bits per heavy atom. The van der Waals surface area contributed by atoms with Gasteiger partial charge in [-0.2, -0.15) is 0 Å². The smallest absolute Gasteiger partial charge is 0.0197 e. The average molecular weight is 264 g/mol. The third-order valence-electron chi connectivity index (χ3n) is 5.99. The SMILES string of the molecule is CCC1CCNC(CN2CCC[C@H]3CCCC[C@H]32)C1. The summed E-state index contributed by atoms with van der Waals surface area (Å²) in [5.41, 5.74) is 0. The fourth-order valence-electron chi connectivity index (χ4n) is 4.84. The average Bonchev–Trinajstić information content (AvgIpc) is 2.48. The first-order valence-electron chi connectivity index (χ1n) is 8.84. The van der Waals surface area contributed by atoms with Gasteiger partial charge in [-0.05, 0) is 63.5 Å². The molecule has 2 unspecified atom stereocenters. The molecule has 0 bridgehead atoms. The van der Waals surface area contributed by atoms with Crippen LogP contribution in [0.2, 0.25) is 0 Å². The van der Waals surface area contributed by atoms with Crippen molar-refractivity contribution in [3.8, 4) is 0 Å². The van der Waals surface area contributed by atoms with E-state index in [-0.39, 0.29) is 0 Å². The highest BCUT2D eigenvalue weighted by Crippen LogP contribution is 2.35. The van der Waals surface area contributed by atoms with Gasteiger partial charge in [0.2, 0.25) is 0 Å². The van der Waals surface area contributed by atoms with Crippen LogP contribution in [0.15, 0.2) is 0 Å². The molecule has 19 heavy (non-hydrogen) atoms. The van der Waals surface area contributed by atoms with Crippen LogP contribution in [0.1, 0.15) is 64.7 Å².